The smallest absolute Gasteiger partial charge is 0.266 e. The quantitative estimate of drug-likeness (QED) is 0.717. The summed E-state index contributed by atoms with van der Waals surface area (Å²) >= 11 is 5.89. The summed E-state index contributed by atoms with van der Waals surface area (Å²) in [6.07, 6.45) is 0.713. The Balaban J connectivity index is 1.60. The molecular formula is C18H17ClN4O3. The molecule has 2 heterocycles. The third-order valence-corrected chi connectivity index (χ3v) is 3.93. The van der Waals surface area contributed by atoms with Crippen LogP contribution in [0, 0.1) is 6.92 Å². The lowest BCUT2D eigenvalue weighted by molar-refractivity contribution is -0.116. The number of halogens is 1. The summed E-state index contributed by atoms with van der Waals surface area (Å²) in [6.45, 7) is 2.08. The van der Waals surface area contributed by atoms with Gasteiger partial charge in [0, 0.05) is 35.7 Å². The van der Waals surface area contributed by atoms with Crippen molar-refractivity contribution in [3.8, 4) is 11.3 Å². The van der Waals surface area contributed by atoms with Gasteiger partial charge in [-0.15, -0.1) is 0 Å². The number of nitrogens with zero attached hydrogens (tertiary/aromatic N) is 3. The van der Waals surface area contributed by atoms with Crippen molar-refractivity contribution in [3.05, 3.63) is 63.6 Å². The molecule has 2 aromatic heterocycles. The second-order valence-electron chi connectivity index (χ2n) is 5.76. The molecule has 7 nitrogen and oxygen atoms in total. The highest BCUT2D eigenvalue weighted by Gasteiger charge is 2.08. The van der Waals surface area contributed by atoms with E-state index in [9.17, 15) is 9.59 Å². The molecule has 0 aliphatic heterocycles. The van der Waals surface area contributed by atoms with E-state index in [4.69, 9.17) is 16.1 Å². The van der Waals surface area contributed by atoms with Crippen molar-refractivity contribution in [3.63, 3.8) is 0 Å². The standard InChI is InChI=1S/C18H17ClN4O3/c1-12-11-16(22-26-12)20-17(24)3-2-10-23-18(25)9-8-15(21-23)13-4-6-14(19)7-5-13/h4-9,11H,2-3,10H2,1H3,(H,20,22,24). The van der Waals surface area contributed by atoms with Crippen LogP contribution in [0.1, 0.15) is 18.6 Å². The lowest BCUT2D eigenvalue weighted by Gasteiger charge is -2.07. The first-order chi connectivity index (χ1) is 12.5. The van der Waals surface area contributed by atoms with E-state index in [1.165, 1.54) is 10.7 Å². The molecule has 0 bridgehead atoms. The number of amides is 1. The maximum absolute atomic E-state index is 12.0. The third-order valence-electron chi connectivity index (χ3n) is 3.68. The molecule has 26 heavy (non-hydrogen) atoms. The van der Waals surface area contributed by atoms with Crippen LogP contribution in [0.3, 0.4) is 0 Å². The van der Waals surface area contributed by atoms with Crippen LogP contribution in [0.25, 0.3) is 11.3 Å². The van der Waals surface area contributed by atoms with E-state index in [0.717, 1.165) is 5.56 Å². The number of nitrogens with one attached hydrogen (secondary N) is 1. The zero-order valence-corrected chi connectivity index (χ0v) is 14.9. The van der Waals surface area contributed by atoms with Gasteiger partial charge in [-0.1, -0.05) is 28.9 Å². The van der Waals surface area contributed by atoms with E-state index in [1.54, 1.807) is 31.2 Å². The Morgan fingerprint density at radius 1 is 1.23 bits per heavy atom. The number of hydrogen-bond donors (Lipinski definition) is 1. The number of aryl methyl sites for hydroxylation is 2. The molecular weight excluding hydrogens is 356 g/mol. The Bertz CT molecular complexity index is 963. The molecule has 8 heteroatoms. The normalized spacial score (nSPS) is 10.7. The molecule has 3 aromatic rings. The molecule has 0 saturated carbocycles. The summed E-state index contributed by atoms with van der Waals surface area (Å²) in [5, 5.41) is 11.3. The molecule has 1 aromatic carbocycles. The Kier molecular flexibility index (Phi) is 5.48. The second kappa shape index (κ2) is 7.97. The minimum Gasteiger partial charge on any atom is -0.360 e. The predicted molar refractivity (Wildman–Crippen MR) is 98.0 cm³/mol. The van der Waals surface area contributed by atoms with Gasteiger partial charge in [0.1, 0.15) is 5.76 Å². The van der Waals surface area contributed by atoms with Crippen LogP contribution in [0.4, 0.5) is 5.82 Å². The summed E-state index contributed by atoms with van der Waals surface area (Å²) in [5.74, 6) is 0.808. The minimum absolute atomic E-state index is 0.194. The summed E-state index contributed by atoms with van der Waals surface area (Å²) in [6, 6.07) is 12.0. The van der Waals surface area contributed by atoms with Gasteiger partial charge in [0.05, 0.1) is 5.69 Å². The molecule has 0 radical (unpaired) electrons. The zero-order chi connectivity index (χ0) is 18.5. The Labute approximate surface area is 154 Å². The molecule has 1 N–H and O–H groups in total. The third kappa shape index (κ3) is 4.58. The van der Waals surface area contributed by atoms with Crippen molar-refractivity contribution in [1.29, 1.82) is 0 Å². The van der Waals surface area contributed by atoms with Crippen LogP contribution in [-0.4, -0.2) is 20.8 Å². The first-order valence-electron chi connectivity index (χ1n) is 8.08. The van der Waals surface area contributed by atoms with E-state index in [2.05, 4.69) is 15.6 Å². The van der Waals surface area contributed by atoms with Gasteiger partial charge in [0.2, 0.25) is 5.91 Å². The molecule has 0 saturated heterocycles. The molecule has 0 aliphatic carbocycles. The molecule has 134 valence electrons. The van der Waals surface area contributed by atoms with Gasteiger partial charge in [0.15, 0.2) is 5.82 Å². The predicted octanol–water partition coefficient (Wildman–Crippen LogP) is 3.28. The van der Waals surface area contributed by atoms with Gasteiger partial charge in [0.25, 0.3) is 5.56 Å². The van der Waals surface area contributed by atoms with Crippen molar-refractivity contribution in [2.45, 2.75) is 26.3 Å². The fraction of sp³-hybridized carbons (Fsp3) is 0.222. The Morgan fingerprint density at radius 3 is 2.69 bits per heavy atom. The van der Waals surface area contributed by atoms with Crippen molar-refractivity contribution in [2.24, 2.45) is 0 Å². The van der Waals surface area contributed by atoms with Crippen LogP contribution in [0.15, 0.2) is 51.8 Å². The maximum atomic E-state index is 12.0. The van der Waals surface area contributed by atoms with Crippen molar-refractivity contribution >= 4 is 23.3 Å². The highest BCUT2D eigenvalue weighted by Crippen LogP contribution is 2.18. The van der Waals surface area contributed by atoms with Crippen LogP contribution >= 0.6 is 11.6 Å². The highest BCUT2D eigenvalue weighted by atomic mass is 35.5. The van der Waals surface area contributed by atoms with E-state index in [0.29, 0.717) is 35.3 Å². The fourth-order valence-electron chi connectivity index (χ4n) is 2.40. The van der Waals surface area contributed by atoms with Crippen molar-refractivity contribution in [2.75, 3.05) is 5.32 Å². The van der Waals surface area contributed by atoms with Gasteiger partial charge in [-0.25, -0.2) is 4.68 Å². The average Bonchev–Trinajstić information content (AvgIpc) is 3.02. The van der Waals surface area contributed by atoms with Crippen LogP contribution < -0.4 is 10.9 Å². The highest BCUT2D eigenvalue weighted by molar-refractivity contribution is 6.30. The number of carbonyl (C=O) groups excluding carboxylic acids is 1. The zero-order valence-electron chi connectivity index (χ0n) is 14.1. The number of benzene rings is 1. The first kappa shape index (κ1) is 17.9. The van der Waals surface area contributed by atoms with Crippen LogP contribution in [-0.2, 0) is 11.3 Å². The second-order valence-corrected chi connectivity index (χ2v) is 6.20. The minimum atomic E-state index is -0.213. The molecule has 0 unspecified atom stereocenters. The molecule has 0 fully saturated rings. The molecule has 1 amide bonds. The van der Waals surface area contributed by atoms with Crippen LogP contribution in [0.2, 0.25) is 5.02 Å². The van der Waals surface area contributed by atoms with E-state index >= 15 is 0 Å². The van der Waals surface area contributed by atoms with Gasteiger partial charge in [-0.05, 0) is 31.5 Å². The number of anilines is 1. The van der Waals surface area contributed by atoms with Crippen molar-refractivity contribution in [1.82, 2.24) is 14.9 Å². The fourth-order valence-corrected chi connectivity index (χ4v) is 2.53. The first-order valence-corrected chi connectivity index (χ1v) is 8.46. The Hall–Kier alpha value is -2.93. The Morgan fingerprint density at radius 2 is 2.00 bits per heavy atom. The number of aromatic nitrogens is 3. The van der Waals surface area contributed by atoms with E-state index < -0.39 is 0 Å². The van der Waals surface area contributed by atoms with Crippen LogP contribution in [0.5, 0.6) is 0 Å². The molecule has 0 atom stereocenters. The van der Waals surface area contributed by atoms with Gasteiger partial charge < -0.3 is 9.84 Å². The lowest BCUT2D eigenvalue weighted by Crippen LogP contribution is -2.23. The van der Waals surface area contributed by atoms with Gasteiger partial charge in [-0.2, -0.15) is 5.10 Å². The number of hydrogen-bond acceptors (Lipinski definition) is 5. The SMILES string of the molecule is Cc1cc(NC(=O)CCCn2nc(-c3ccc(Cl)cc3)ccc2=O)no1. The maximum Gasteiger partial charge on any atom is 0.266 e. The lowest BCUT2D eigenvalue weighted by atomic mass is 10.1. The molecule has 3 rings (SSSR count). The summed E-state index contributed by atoms with van der Waals surface area (Å²) < 4.78 is 6.25. The topological polar surface area (TPSA) is 90.0 Å². The molecule has 0 spiro atoms. The average molecular weight is 373 g/mol. The summed E-state index contributed by atoms with van der Waals surface area (Å²) in [4.78, 5) is 23.9. The van der Waals surface area contributed by atoms with Gasteiger partial charge >= 0.3 is 0 Å². The van der Waals surface area contributed by atoms with E-state index in [-0.39, 0.29) is 17.9 Å². The largest absolute Gasteiger partial charge is 0.360 e. The summed E-state index contributed by atoms with van der Waals surface area (Å²) in [7, 11) is 0. The van der Waals surface area contributed by atoms with Crippen molar-refractivity contribution < 1.29 is 9.32 Å². The van der Waals surface area contributed by atoms with E-state index in [1.807, 2.05) is 12.1 Å². The van der Waals surface area contributed by atoms with Gasteiger partial charge in [-0.3, -0.25) is 9.59 Å². The molecule has 0 aliphatic rings. The summed E-state index contributed by atoms with van der Waals surface area (Å²) in [5.41, 5.74) is 1.32. The monoisotopic (exact) mass is 372 g/mol. The number of carbonyl (C=O) groups is 1. The number of rotatable bonds is 6.